The Kier molecular flexibility index (Phi) is 15.6. The molecule has 0 aromatic heterocycles. The van der Waals surface area contributed by atoms with Gasteiger partial charge in [0.15, 0.2) is 0 Å². The van der Waals surface area contributed by atoms with E-state index in [1.54, 1.807) is 0 Å². The van der Waals surface area contributed by atoms with Gasteiger partial charge in [-0.2, -0.15) is 0 Å². The lowest BCUT2D eigenvalue weighted by Crippen LogP contribution is -2.03. The van der Waals surface area contributed by atoms with Crippen molar-refractivity contribution in [2.75, 3.05) is 13.2 Å². The summed E-state index contributed by atoms with van der Waals surface area (Å²) < 4.78 is 9.60. The molecule has 0 aliphatic heterocycles. The SMILES string of the molecule is C=CC(=O)O.C=CC(=O)OCCCCCCOC(=O)C=C. The third-order valence-electron chi connectivity index (χ3n) is 2.04. The fraction of sp³-hybridized carbons (Fsp3) is 0.400. The molecule has 1 N–H and O–H groups in total. The Hall–Kier alpha value is -2.37. The van der Waals surface area contributed by atoms with Crippen molar-refractivity contribution in [3.63, 3.8) is 0 Å². The summed E-state index contributed by atoms with van der Waals surface area (Å²) in [5, 5.41) is 7.60. The maximum atomic E-state index is 10.6. The molecule has 6 nitrogen and oxygen atoms in total. The third kappa shape index (κ3) is 20.1. The van der Waals surface area contributed by atoms with E-state index in [2.05, 4.69) is 19.7 Å². The van der Waals surface area contributed by atoms with Gasteiger partial charge in [-0.1, -0.05) is 19.7 Å². The quantitative estimate of drug-likeness (QED) is 0.378. The first-order valence-corrected chi connectivity index (χ1v) is 6.41. The van der Waals surface area contributed by atoms with Crippen LogP contribution in [0.25, 0.3) is 0 Å². The number of hydrogen-bond donors (Lipinski definition) is 1. The summed E-state index contributed by atoms with van der Waals surface area (Å²) in [6, 6.07) is 0. The Morgan fingerprint density at radius 2 is 1.10 bits per heavy atom. The molecule has 0 amide bonds. The van der Waals surface area contributed by atoms with Gasteiger partial charge in [-0.15, -0.1) is 0 Å². The van der Waals surface area contributed by atoms with Gasteiger partial charge < -0.3 is 14.6 Å². The second kappa shape index (κ2) is 15.7. The van der Waals surface area contributed by atoms with Crippen molar-refractivity contribution in [1.29, 1.82) is 0 Å². The number of carboxylic acids is 1. The van der Waals surface area contributed by atoms with Crippen LogP contribution in [0, 0.1) is 0 Å². The van der Waals surface area contributed by atoms with E-state index in [4.69, 9.17) is 14.6 Å². The largest absolute Gasteiger partial charge is 0.478 e. The minimum atomic E-state index is -0.981. The molecule has 0 saturated heterocycles. The van der Waals surface area contributed by atoms with E-state index in [9.17, 15) is 14.4 Å². The number of carboxylic acid groups (broad SMARTS) is 1. The van der Waals surface area contributed by atoms with Crippen molar-refractivity contribution in [3.05, 3.63) is 38.0 Å². The first-order valence-electron chi connectivity index (χ1n) is 6.41. The van der Waals surface area contributed by atoms with Crippen molar-refractivity contribution in [3.8, 4) is 0 Å². The van der Waals surface area contributed by atoms with Crippen molar-refractivity contribution in [2.45, 2.75) is 25.7 Å². The number of rotatable bonds is 10. The lowest BCUT2D eigenvalue weighted by atomic mass is 10.2. The summed E-state index contributed by atoms with van der Waals surface area (Å²) in [7, 11) is 0. The molecule has 0 aromatic rings. The number of carbonyl (C=O) groups is 3. The van der Waals surface area contributed by atoms with Crippen molar-refractivity contribution < 1.29 is 29.0 Å². The summed E-state index contributed by atoms with van der Waals surface area (Å²) in [6.45, 7) is 10.4. The van der Waals surface area contributed by atoms with E-state index in [1.807, 2.05) is 0 Å². The van der Waals surface area contributed by atoms with Gasteiger partial charge in [0.2, 0.25) is 0 Å². The van der Waals surface area contributed by atoms with Gasteiger partial charge in [0.05, 0.1) is 13.2 Å². The monoisotopic (exact) mass is 298 g/mol. The topological polar surface area (TPSA) is 89.9 Å². The molecule has 0 aliphatic rings. The van der Waals surface area contributed by atoms with Gasteiger partial charge in [-0.05, 0) is 25.7 Å². The van der Waals surface area contributed by atoms with Crippen LogP contribution in [0.4, 0.5) is 0 Å². The summed E-state index contributed by atoms with van der Waals surface area (Å²) in [5.74, 6) is -1.76. The Balaban J connectivity index is 0. The normalized spacial score (nSPS) is 8.57. The molecule has 0 bridgehead atoms. The molecule has 6 heteroatoms. The zero-order valence-electron chi connectivity index (χ0n) is 12.1. The Morgan fingerprint density at radius 1 is 0.762 bits per heavy atom. The molecule has 0 rings (SSSR count). The van der Waals surface area contributed by atoms with Gasteiger partial charge >= 0.3 is 17.9 Å². The minimum absolute atomic E-state index is 0.389. The molecule has 21 heavy (non-hydrogen) atoms. The molecule has 0 aliphatic carbocycles. The molecule has 0 fully saturated rings. The average Bonchev–Trinajstić information content (AvgIpc) is 2.49. The Morgan fingerprint density at radius 3 is 1.33 bits per heavy atom. The second-order valence-corrected chi connectivity index (χ2v) is 3.70. The van der Waals surface area contributed by atoms with Gasteiger partial charge in [0, 0.05) is 18.2 Å². The lowest BCUT2D eigenvalue weighted by molar-refractivity contribution is -0.139. The molecule has 0 unspecified atom stereocenters. The van der Waals surface area contributed by atoms with E-state index in [0.29, 0.717) is 13.2 Å². The average molecular weight is 298 g/mol. The van der Waals surface area contributed by atoms with Gasteiger partial charge in [-0.3, -0.25) is 0 Å². The molecule has 0 atom stereocenters. The smallest absolute Gasteiger partial charge is 0.330 e. The van der Waals surface area contributed by atoms with Crippen LogP contribution in [0.15, 0.2) is 38.0 Å². The van der Waals surface area contributed by atoms with Crippen molar-refractivity contribution in [1.82, 2.24) is 0 Å². The summed E-state index contributed by atoms with van der Waals surface area (Å²) in [6.07, 6.45) is 6.64. The van der Waals surface area contributed by atoms with Crippen molar-refractivity contribution >= 4 is 17.9 Å². The zero-order valence-corrected chi connectivity index (χ0v) is 12.1. The predicted octanol–water partition coefficient (Wildman–Crippen LogP) is 2.26. The van der Waals surface area contributed by atoms with Gasteiger partial charge in [0.25, 0.3) is 0 Å². The summed E-state index contributed by atoms with van der Waals surface area (Å²) >= 11 is 0. The Bertz CT molecular complexity index is 333. The predicted molar refractivity (Wildman–Crippen MR) is 78.6 cm³/mol. The molecule has 0 spiro atoms. The van der Waals surface area contributed by atoms with Crippen LogP contribution in [-0.4, -0.2) is 36.2 Å². The molecule has 118 valence electrons. The van der Waals surface area contributed by atoms with E-state index < -0.39 is 5.97 Å². The number of hydrogen-bond acceptors (Lipinski definition) is 5. The number of aliphatic carboxylic acids is 1. The molecule has 0 radical (unpaired) electrons. The van der Waals surface area contributed by atoms with Crippen LogP contribution < -0.4 is 0 Å². The van der Waals surface area contributed by atoms with E-state index >= 15 is 0 Å². The number of carbonyl (C=O) groups excluding carboxylic acids is 2. The first kappa shape index (κ1) is 20.9. The number of unbranched alkanes of at least 4 members (excludes halogenated alkanes) is 3. The lowest BCUT2D eigenvalue weighted by Gasteiger charge is -2.03. The van der Waals surface area contributed by atoms with Crippen LogP contribution >= 0.6 is 0 Å². The highest BCUT2D eigenvalue weighted by molar-refractivity contribution is 5.81. The van der Waals surface area contributed by atoms with E-state index in [1.165, 1.54) is 0 Å². The first-order chi connectivity index (χ1) is 9.97. The zero-order chi connectivity index (χ0) is 16.5. The van der Waals surface area contributed by atoms with Crippen LogP contribution in [-0.2, 0) is 23.9 Å². The van der Waals surface area contributed by atoms with E-state index in [-0.39, 0.29) is 11.9 Å². The number of ether oxygens (including phenoxy) is 2. The standard InChI is InChI=1S/C12H18O4.C3H4O2/c1-3-11(13)15-9-7-5-6-8-10-16-12(14)4-2;1-2-3(4)5/h3-4H,1-2,5-10H2;2H,1H2,(H,4,5). The van der Waals surface area contributed by atoms with Gasteiger partial charge in [0.1, 0.15) is 0 Å². The second-order valence-electron chi connectivity index (χ2n) is 3.70. The minimum Gasteiger partial charge on any atom is -0.478 e. The summed E-state index contributed by atoms with van der Waals surface area (Å²) in [4.78, 5) is 30.5. The van der Waals surface area contributed by atoms with Crippen LogP contribution in [0.5, 0.6) is 0 Å². The maximum Gasteiger partial charge on any atom is 0.330 e. The van der Waals surface area contributed by atoms with Crippen molar-refractivity contribution in [2.24, 2.45) is 0 Å². The molecule has 0 aromatic carbocycles. The van der Waals surface area contributed by atoms with Gasteiger partial charge in [-0.25, -0.2) is 14.4 Å². The van der Waals surface area contributed by atoms with Crippen LogP contribution in [0.2, 0.25) is 0 Å². The molecule has 0 saturated carbocycles. The highest BCUT2D eigenvalue weighted by Crippen LogP contribution is 2.01. The number of esters is 2. The fourth-order valence-corrected chi connectivity index (χ4v) is 1.02. The Labute approximate surface area is 124 Å². The van der Waals surface area contributed by atoms with E-state index in [0.717, 1.165) is 43.9 Å². The highest BCUT2D eigenvalue weighted by Gasteiger charge is 1.97. The highest BCUT2D eigenvalue weighted by atomic mass is 16.5. The van der Waals surface area contributed by atoms with Crippen LogP contribution in [0.1, 0.15) is 25.7 Å². The van der Waals surface area contributed by atoms with Crippen LogP contribution in [0.3, 0.4) is 0 Å². The maximum absolute atomic E-state index is 10.6. The molecule has 0 heterocycles. The summed E-state index contributed by atoms with van der Waals surface area (Å²) in [5.41, 5.74) is 0. The molecular weight excluding hydrogens is 276 g/mol. The third-order valence-corrected chi connectivity index (χ3v) is 2.04. The molecular formula is C15H22O6. The fourth-order valence-electron chi connectivity index (χ4n) is 1.02.